The number of hydrogen-bond donors (Lipinski definition) is 1. The number of anilines is 1. The Balaban J connectivity index is 1.69. The van der Waals surface area contributed by atoms with Gasteiger partial charge in [-0.25, -0.2) is 4.68 Å². The minimum absolute atomic E-state index is 0.0415. The van der Waals surface area contributed by atoms with Crippen LogP contribution in [-0.4, -0.2) is 25.5 Å². The number of nitrogens with zero attached hydrogens (tertiary/aromatic N) is 4. The number of fused-ring (bicyclic) bond motifs is 1. The lowest BCUT2D eigenvalue weighted by molar-refractivity contribution is -0.384. The van der Waals surface area contributed by atoms with E-state index in [0.29, 0.717) is 40.8 Å². The van der Waals surface area contributed by atoms with Gasteiger partial charge in [0.25, 0.3) is 5.69 Å². The molecule has 32 heavy (non-hydrogen) atoms. The highest BCUT2D eigenvalue weighted by molar-refractivity contribution is 6.31. The predicted molar refractivity (Wildman–Crippen MR) is 120 cm³/mol. The molecule has 0 saturated carbocycles. The van der Waals surface area contributed by atoms with Gasteiger partial charge in [0.1, 0.15) is 6.04 Å². The van der Waals surface area contributed by atoms with Gasteiger partial charge in [-0.2, -0.15) is 4.98 Å². The van der Waals surface area contributed by atoms with Crippen molar-refractivity contribution in [3.05, 3.63) is 80.5 Å². The first-order valence-corrected chi connectivity index (χ1v) is 10.6. The van der Waals surface area contributed by atoms with E-state index in [1.165, 1.54) is 12.1 Å². The Kier molecular flexibility index (Phi) is 4.63. The smallest absolute Gasteiger partial charge is 0.270 e. The van der Waals surface area contributed by atoms with Crippen LogP contribution in [0.5, 0.6) is 0 Å². The van der Waals surface area contributed by atoms with Crippen LogP contribution in [0.25, 0.3) is 11.4 Å². The lowest BCUT2D eigenvalue weighted by Gasteiger charge is -2.38. The molecule has 0 saturated heterocycles. The van der Waals surface area contributed by atoms with E-state index in [1.807, 2.05) is 18.2 Å². The van der Waals surface area contributed by atoms with Crippen LogP contribution in [-0.2, 0) is 4.79 Å². The maximum absolute atomic E-state index is 13.3. The van der Waals surface area contributed by atoms with Crippen molar-refractivity contribution in [2.75, 3.05) is 5.32 Å². The summed E-state index contributed by atoms with van der Waals surface area (Å²) >= 11 is 6.55. The Hall–Kier alpha value is -3.52. The summed E-state index contributed by atoms with van der Waals surface area (Å²) in [5.74, 6) is 0.854. The SMILES string of the molecule is CC1(C)CC(=O)C2=C(C1)Nc1nc(-c3cccc([N+](=O)[O-])c3)nn1C2c1ccccc1Cl. The van der Waals surface area contributed by atoms with Crippen LogP contribution in [0.3, 0.4) is 0 Å². The van der Waals surface area contributed by atoms with Crippen molar-refractivity contribution in [1.82, 2.24) is 14.8 Å². The molecule has 1 unspecified atom stereocenters. The van der Waals surface area contributed by atoms with Crippen LogP contribution in [0.4, 0.5) is 11.6 Å². The van der Waals surface area contributed by atoms with E-state index in [4.69, 9.17) is 11.6 Å². The van der Waals surface area contributed by atoms with Crippen molar-refractivity contribution < 1.29 is 9.72 Å². The Morgan fingerprint density at radius 1 is 1.19 bits per heavy atom. The standard InChI is InChI=1S/C23H20ClN5O3/c1-23(2)11-17-19(18(30)12-23)20(15-8-3-4-9-16(15)24)28-22(25-17)26-21(27-28)13-6-5-7-14(10-13)29(31)32/h3-10,20H,11-12H2,1-2H3,(H,25,26,27). The monoisotopic (exact) mass is 449 g/mol. The van der Waals surface area contributed by atoms with Gasteiger partial charge < -0.3 is 5.32 Å². The van der Waals surface area contributed by atoms with Gasteiger partial charge in [-0.05, 0) is 17.9 Å². The second-order valence-corrected chi connectivity index (χ2v) is 9.30. The van der Waals surface area contributed by atoms with Gasteiger partial charge in [0, 0.05) is 46.0 Å². The van der Waals surface area contributed by atoms with Crippen molar-refractivity contribution in [2.24, 2.45) is 5.41 Å². The fourth-order valence-electron chi connectivity index (χ4n) is 4.47. The molecule has 1 aliphatic heterocycles. The maximum atomic E-state index is 13.3. The molecule has 162 valence electrons. The molecule has 0 fully saturated rings. The summed E-state index contributed by atoms with van der Waals surface area (Å²) in [5, 5.41) is 19.7. The summed E-state index contributed by atoms with van der Waals surface area (Å²) in [7, 11) is 0. The Morgan fingerprint density at radius 2 is 1.97 bits per heavy atom. The molecule has 1 atom stereocenters. The van der Waals surface area contributed by atoms with Crippen LogP contribution in [0.2, 0.25) is 5.02 Å². The van der Waals surface area contributed by atoms with Crippen molar-refractivity contribution in [1.29, 1.82) is 0 Å². The van der Waals surface area contributed by atoms with Gasteiger partial charge >= 0.3 is 0 Å². The highest BCUT2D eigenvalue weighted by Crippen LogP contribution is 2.46. The van der Waals surface area contributed by atoms with E-state index < -0.39 is 11.0 Å². The lowest BCUT2D eigenvalue weighted by Crippen LogP contribution is -2.36. The first-order valence-electron chi connectivity index (χ1n) is 10.2. The first kappa shape index (κ1) is 20.4. The number of Topliss-reactive ketones (excluding diaryl/α,β-unsaturated/α-hetero) is 1. The summed E-state index contributed by atoms with van der Waals surface area (Å²) < 4.78 is 1.66. The molecule has 3 aromatic rings. The number of ketones is 1. The molecule has 1 N–H and O–H groups in total. The number of allylic oxidation sites excluding steroid dienone is 2. The maximum Gasteiger partial charge on any atom is 0.270 e. The number of halogens is 1. The van der Waals surface area contributed by atoms with Gasteiger partial charge in [0.15, 0.2) is 11.6 Å². The van der Waals surface area contributed by atoms with Crippen LogP contribution in [0.1, 0.15) is 38.3 Å². The number of nitro groups is 1. The Labute approximate surface area is 189 Å². The summed E-state index contributed by atoms with van der Waals surface area (Å²) in [6, 6.07) is 13.0. The predicted octanol–water partition coefficient (Wildman–Crippen LogP) is 5.16. The number of nitrogens with one attached hydrogen (secondary N) is 1. The van der Waals surface area contributed by atoms with Gasteiger partial charge in [-0.3, -0.25) is 14.9 Å². The second kappa shape index (κ2) is 7.27. The van der Waals surface area contributed by atoms with Crippen LogP contribution >= 0.6 is 11.6 Å². The molecule has 8 nitrogen and oxygen atoms in total. The Morgan fingerprint density at radius 3 is 2.72 bits per heavy atom. The van der Waals surface area contributed by atoms with Gasteiger partial charge in [-0.15, -0.1) is 5.10 Å². The highest BCUT2D eigenvalue weighted by Gasteiger charge is 2.42. The molecular formula is C23H20ClN5O3. The first-order chi connectivity index (χ1) is 15.2. The van der Waals surface area contributed by atoms with Gasteiger partial charge in [0.2, 0.25) is 5.95 Å². The lowest BCUT2D eigenvalue weighted by atomic mass is 9.73. The van der Waals surface area contributed by atoms with Crippen molar-refractivity contribution in [3.8, 4) is 11.4 Å². The zero-order valence-corrected chi connectivity index (χ0v) is 18.3. The van der Waals surface area contributed by atoms with Crippen molar-refractivity contribution >= 4 is 29.0 Å². The van der Waals surface area contributed by atoms with E-state index >= 15 is 0 Å². The molecule has 5 rings (SSSR count). The van der Waals surface area contributed by atoms with Gasteiger partial charge in [0.05, 0.1) is 4.92 Å². The molecular weight excluding hydrogens is 430 g/mol. The van der Waals surface area contributed by atoms with Crippen LogP contribution < -0.4 is 5.32 Å². The zero-order valence-electron chi connectivity index (χ0n) is 17.5. The van der Waals surface area contributed by atoms with E-state index in [9.17, 15) is 14.9 Å². The van der Waals surface area contributed by atoms with Crippen LogP contribution in [0, 0.1) is 15.5 Å². The molecule has 1 aromatic heterocycles. The molecule has 0 amide bonds. The van der Waals surface area contributed by atoms with Gasteiger partial charge in [-0.1, -0.05) is 55.8 Å². The number of carbonyl (C=O) groups is 1. The normalized spacial score (nSPS) is 19.2. The highest BCUT2D eigenvalue weighted by atomic mass is 35.5. The van der Waals surface area contributed by atoms with E-state index in [1.54, 1.807) is 22.9 Å². The minimum Gasteiger partial charge on any atom is -0.328 e. The number of aromatic nitrogens is 3. The largest absolute Gasteiger partial charge is 0.328 e. The molecule has 2 heterocycles. The topological polar surface area (TPSA) is 103 Å². The number of non-ortho nitro benzene ring substituents is 1. The quantitative estimate of drug-likeness (QED) is 0.437. The molecule has 0 spiro atoms. The fraction of sp³-hybridized carbons (Fsp3) is 0.261. The molecule has 9 heteroatoms. The number of nitro benzene ring substituents is 1. The number of carbonyl (C=O) groups excluding carboxylic acids is 1. The molecule has 1 aliphatic carbocycles. The summed E-state index contributed by atoms with van der Waals surface area (Å²) in [4.78, 5) is 28.6. The molecule has 2 aromatic carbocycles. The van der Waals surface area contributed by atoms with E-state index in [2.05, 4.69) is 29.2 Å². The van der Waals surface area contributed by atoms with Crippen molar-refractivity contribution in [2.45, 2.75) is 32.7 Å². The number of hydrogen-bond acceptors (Lipinski definition) is 6. The number of rotatable bonds is 3. The average Bonchev–Trinajstić information content (AvgIpc) is 3.16. The third kappa shape index (κ3) is 3.36. The fourth-order valence-corrected chi connectivity index (χ4v) is 4.71. The molecule has 0 radical (unpaired) electrons. The van der Waals surface area contributed by atoms with E-state index in [0.717, 1.165) is 11.3 Å². The van der Waals surface area contributed by atoms with E-state index in [-0.39, 0.29) is 16.9 Å². The third-order valence-corrected chi connectivity index (χ3v) is 6.19. The number of benzene rings is 2. The summed E-state index contributed by atoms with van der Waals surface area (Å²) in [5.41, 5.74) is 2.51. The molecule has 2 aliphatic rings. The Bertz CT molecular complexity index is 1310. The third-order valence-electron chi connectivity index (χ3n) is 5.85. The zero-order chi connectivity index (χ0) is 22.6. The van der Waals surface area contributed by atoms with Crippen molar-refractivity contribution in [3.63, 3.8) is 0 Å². The summed E-state index contributed by atoms with van der Waals surface area (Å²) in [6.07, 6.45) is 1.12. The summed E-state index contributed by atoms with van der Waals surface area (Å²) in [6.45, 7) is 4.13. The average molecular weight is 450 g/mol. The minimum atomic E-state index is -0.529. The second-order valence-electron chi connectivity index (χ2n) is 8.89. The van der Waals surface area contributed by atoms with Crippen LogP contribution in [0.15, 0.2) is 59.8 Å². The molecule has 0 bridgehead atoms.